The number of benzene rings is 2. The van der Waals surface area contributed by atoms with Crippen LogP contribution < -0.4 is 5.32 Å². The van der Waals surface area contributed by atoms with E-state index in [1.807, 2.05) is 43.3 Å². The van der Waals surface area contributed by atoms with Crippen LogP contribution >= 0.6 is 0 Å². The van der Waals surface area contributed by atoms with Gasteiger partial charge in [-0.05, 0) is 35.1 Å². The Morgan fingerprint density at radius 1 is 1.06 bits per heavy atom. The fourth-order valence-electron chi connectivity index (χ4n) is 4.08. The number of carbonyl (C=O) groups excluding carboxylic acids is 2. The smallest absolute Gasteiger partial charge is 0.407 e. The number of carbonyl (C=O) groups is 3. The van der Waals surface area contributed by atoms with Crippen molar-refractivity contribution in [1.29, 1.82) is 0 Å². The Kier molecular flexibility index (Phi) is 7.87. The average molecular weight is 439 g/mol. The van der Waals surface area contributed by atoms with Gasteiger partial charge in [0.25, 0.3) is 0 Å². The maximum Gasteiger partial charge on any atom is 0.407 e. The highest BCUT2D eigenvalue weighted by molar-refractivity contribution is 5.86. The summed E-state index contributed by atoms with van der Waals surface area (Å²) in [7, 11) is 1.66. The molecule has 2 N–H and O–H groups in total. The molecule has 0 aromatic heterocycles. The highest BCUT2D eigenvalue weighted by Crippen LogP contribution is 2.44. The summed E-state index contributed by atoms with van der Waals surface area (Å²) in [6.07, 6.45) is 0.825. The van der Waals surface area contributed by atoms with E-state index in [1.54, 1.807) is 7.05 Å². The number of aliphatic carboxylic acids is 1. The molecule has 2 aromatic carbocycles. The van der Waals surface area contributed by atoms with Gasteiger partial charge in [-0.1, -0.05) is 61.9 Å². The Morgan fingerprint density at radius 2 is 1.66 bits per heavy atom. The van der Waals surface area contributed by atoms with E-state index in [-0.39, 0.29) is 31.3 Å². The van der Waals surface area contributed by atoms with E-state index in [9.17, 15) is 14.4 Å². The Hall–Kier alpha value is -3.35. The van der Waals surface area contributed by atoms with E-state index in [4.69, 9.17) is 9.84 Å². The maximum atomic E-state index is 12.7. The van der Waals surface area contributed by atoms with Crippen LogP contribution in [0.5, 0.6) is 0 Å². The second-order valence-electron chi connectivity index (χ2n) is 8.07. The number of rotatable bonds is 10. The molecule has 0 aliphatic heterocycles. The Morgan fingerprint density at radius 3 is 2.22 bits per heavy atom. The minimum absolute atomic E-state index is 0.00876. The predicted molar refractivity (Wildman–Crippen MR) is 121 cm³/mol. The van der Waals surface area contributed by atoms with Crippen molar-refractivity contribution in [2.24, 2.45) is 0 Å². The monoisotopic (exact) mass is 438 g/mol. The molecule has 0 saturated heterocycles. The Bertz CT molecular complexity index is 929. The number of carboxylic acid groups (broad SMARTS) is 1. The molecule has 0 fully saturated rings. The summed E-state index contributed by atoms with van der Waals surface area (Å²) >= 11 is 0. The molecule has 0 spiro atoms. The standard InChI is InChI=1S/C25H30N2O5/c1-3-4-15-27(2)24(30)22(13-14-23(28)29)26-25(31)32-16-21-19-11-7-5-9-17(19)18-10-6-8-12-20(18)21/h5-12,21-22H,3-4,13-16H2,1-2H3,(H,26,31)(H,28,29). The zero-order chi connectivity index (χ0) is 23.1. The number of ether oxygens (including phenoxy) is 1. The lowest BCUT2D eigenvalue weighted by Crippen LogP contribution is -2.48. The molecular formula is C25H30N2O5. The van der Waals surface area contributed by atoms with Crippen molar-refractivity contribution in [3.8, 4) is 11.1 Å². The number of likely N-dealkylation sites (N-methyl/N-ethyl adjacent to an activating group) is 1. The van der Waals surface area contributed by atoms with Crippen molar-refractivity contribution < 1.29 is 24.2 Å². The second-order valence-corrected chi connectivity index (χ2v) is 8.07. The molecule has 2 amide bonds. The lowest BCUT2D eigenvalue weighted by Gasteiger charge is -2.24. The van der Waals surface area contributed by atoms with Gasteiger partial charge in [0.2, 0.25) is 5.91 Å². The number of alkyl carbamates (subject to hydrolysis) is 1. The quantitative estimate of drug-likeness (QED) is 0.584. The summed E-state index contributed by atoms with van der Waals surface area (Å²) in [6.45, 7) is 2.70. The summed E-state index contributed by atoms with van der Waals surface area (Å²) < 4.78 is 5.52. The molecule has 0 bridgehead atoms. The molecule has 1 atom stereocenters. The Labute approximate surface area is 188 Å². The van der Waals surface area contributed by atoms with E-state index in [0.717, 1.165) is 35.1 Å². The molecule has 7 heteroatoms. The number of amides is 2. The van der Waals surface area contributed by atoms with Crippen LogP contribution in [0.25, 0.3) is 11.1 Å². The number of nitrogens with one attached hydrogen (secondary N) is 1. The fourth-order valence-corrected chi connectivity index (χ4v) is 4.08. The third-order valence-corrected chi connectivity index (χ3v) is 5.80. The minimum atomic E-state index is -1.02. The second kappa shape index (κ2) is 10.8. The van der Waals surface area contributed by atoms with Crippen LogP contribution in [-0.2, 0) is 14.3 Å². The molecule has 32 heavy (non-hydrogen) atoms. The van der Waals surface area contributed by atoms with Crippen LogP contribution in [0.2, 0.25) is 0 Å². The van der Waals surface area contributed by atoms with Gasteiger partial charge in [0, 0.05) is 25.9 Å². The largest absolute Gasteiger partial charge is 0.481 e. The van der Waals surface area contributed by atoms with E-state index in [2.05, 4.69) is 17.4 Å². The summed E-state index contributed by atoms with van der Waals surface area (Å²) in [5, 5.41) is 11.6. The minimum Gasteiger partial charge on any atom is -0.481 e. The first-order chi connectivity index (χ1) is 15.4. The molecule has 170 valence electrons. The first kappa shape index (κ1) is 23.3. The van der Waals surface area contributed by atoms with E-state index in [0.29, 0.717) is 6.54 Å². The van der Waals surface area contributed by atoms with Gasteiger partial charge < -0.3 is 20.1 Å². The van der Waals surface area contributed by atoms with Crippen LogP contribution in [0.15, 0.2) is 48.5 Å². The zero-order valence-corrected chi connectivity index (χ0v) is 18.5. The van der Waals surface area contributed by atoms with Crippen molar-refractivity contribution >= 4 is 18.0 Å². The third-order valence-electron chi connectivity index (χ3n) is 5.80. The molecule has 1 aliphatic carbocycles. The normalized spacial score (nSPS) is 13.1. The summed E-state index contributed by atoms with van der Waals surface area (Å²) in [4.78, 5) is 37.9. The SMILES string of the molecule is CCCCN(C)C(=O)C(CCC(=O)O)NC(=O)OCC1c2ccccc2-c2ccccc21. The van der Waals surface area contributed by atoms with Crippen molar-refractivity contribution in [3.63, 3.8) is 0 Å². The first-order valence-electron chi connectivity index (χ1n) is 11.0. The van der Waals surface area contributed by atoms with Gasteiger partial charge in [-0.25, -0.2) is 4.79 Å². The molecule has 1 unspecified atom stereocenters. The van der Waals surface area contributed by atoms with Crippen molar-refractivity contribution in [2.45, 2.75) is 44.6 Å². The molecule has 7 nitrogen and oxygen atoms in total. The fraction of sp³-hybridized carbons (Fsp3) is 0.400. The molecular weight excluding hydrogens is 408 g/mol. The highest BCUT2D eigenvalue weighted by Gasteiger charge is 2.30. The molecule has 0 saturated carbocycles. The molecule has 0 radical (unpaired) electrons. The lowest BCUT2D eigenvalue weighted by molar-refractivity contribution is -0.137. The van der Waals surface area contributed by atoms with Crippen molar-refractivity contribution in [1.82, 2.24) is 10.2 Å². The summed E-state index contributed by atoms with van der Waals surface area (Å²) in [5.74, 6) is -1.42. The predicted octanol–water partition coefficient (Wildman–Crippen LogP) is 4.02. The number of carboxylic acids is 1. The third kappa shape index (κ3) is 5.46. The Balaban J connectivity index is 1.66. The first-order valence-corrected chi connectivity index (χ1v) is 11.0. The van der Waals surface area contributed by atoms with Gasteiger partial charge >= 0.3 is 12.1 Å². The maximum absolute atomic E-state index is 12.7. The number of hydrogen-bond donors (Lipinski definition) is 2. The van der Waals surface area contributed by atoms with E-state index < -0.39 is 18.1 Å². The van der Waals surface area contributed by atoms with Gasteiger partial charge in [0.1, 0.15) is 12.6 Å². The average Bonchev–Trinajstić information content (AvgIpc) is 3.12. The number of fused-ring (bicyclic) bond motifs is 3. The molecule has 1 aliphatic rings. The summed E-state index contributed by atoms with van der Waals surface area (Å²) in [6, 6.07) is 15.1. The zero-order valence-electron chi connectivity index (χ0n) is 18.5. The highest BCUT2D eigenvalue weighted by atomic mass is 16.5. The molecule has 0 heterocycles. The van der Waals surface area contributed by atoms with Gasteiger partial charge in [-0.2, -0.15) is 0 Å². The van der Waals surface area contributed by atoms with Crippen molar-refractivity contribution in [3.05, 3.63) is 59.7 Å². The topological polar surface area (TPSA) is 95.9 Å². The van der Waals surface area contributed by atoms with E-state index >= 15 is 0 Å². The van der Waals surface area contributed by atoms with Gasteiger partial charge in [0.05, 0.1) is 0 Å². The number of hydrogen-bond acceptors (Lipinski definition) is 4. The van der Waals surface area contributed by atoms with Crippen LogP contribution in [0.1, 0.15) is 49.7 Å². The lowest BCUT2D eigenvalue weighted by atomic mass is 9.98. The molecule has 3 rings (SSSR count). The van der Waals surface area contributed by atoms with Gasteiger partial charge in [-0.15, -0.1) is 0 Å². The molecule has 2 aromatic rings. The van der Waals surface area contributed by atoms with Gasteiger partial charge in [0.15, 0.2) is 0 Å². The van der Waals surface area contributed by atoms with Crippen LogP contribution in [0.4, 0.5) is 4.79 Å². The summed E-state index contributed by atoms with van der Waals surface area (Å²) in [5.41, 5.74) is 4.45. The van der Waals surface area contributed by atoms with Crippen LogP contribution in [0.3, 0.4) is 0 Å². The van der Waals surface area contributed by atoms with Crippen LogP contribution in [0, 0.1) is 0 Å². The van der Waals surface area contributed by atoms with Crippen LogP contribution in [-0.4, -0.2) is 54.2 Å². The van der Waals surface area contributed by atoms with Gasteiger partial charge in [-0.3, -0.25) is 9.59 Å². The van der Waals surface area contributed by atoms with Crippen molar-refractivity contribution in [2.75, 3.05) is 20.2 Å². The number of nitrogens with zero attached hydrogens (tertiary/aromatic N) is 1. The van der Waals surface area contributed by atoms with E-state index in [1.165, 1.54) is 4.90 Å². The number of unbranched alkanes of at least 4 members (excludes halogenated alkanes) is 1.